The lowest BCUT2D eigenvalue weighted by Crippen LogP contribution is -2.22. The molecule has 1 aliphatic rings. The molecule has 0 saturated heterocycles. The maximum absolute atomic E-state index is 10.2. The number of benzene rings is 2. The molecule has 2 aromatic rings. The lowest BCUT2D eigenvalue weighted by Gasteiger charge is -2.26. The van der Waals surface area contributed by atoms with Gasteiger partial charge < -0.3 is 5.11 Å². The Bertz CT molecular complexity index is 663. The topological polar surface area (TPSA) is 23.5 Å². The zero-order valence-electron chi connectivity index (χ0n) is 13.1. The van der Waals surface area contributed by atoms with Crippen molar-refractivity contribution in [1.82, 2.24) is 4.90 Å². The van der Waals surface area contributed by atoms with E-state index in [1.165, 1.54) is 23.1 Å². The monoisotopic (exact) mass is 281 g/mol. The summed E-state index contributed by atoms with van der Waals surface area (Å²) in [6, 6.07) is 13.2. The molecule has 0 bridgehead atoms. The molecule has 21 heavy (non-hydrogen) atoms. The van der Waals surface area contributed by atoms with E-state index in [1.807, 2.05) is 13.0 Å². The van der Waals surface area contributed by atoms with Gasteiger partial charge in [-0.2, -0.15) is 0 Å². The summed E-state index contributed by atoms with van der Waals surface area (Å²) >= 11 is 0. The Morgan fingerprint density at radius 1 is 1.14 bits per heavy atom. The second kappa shape index (κ2) is 5.53. The number of rotatable bonds is 3. The Labute approximate surface area is 127 Å². The molecule has 0 spiro atoms. The summed E-state index contributed by atoms with van der Waals surface area (Å²) in [6.07, 6.45) is 2.32. The molecule has 0 saturated carbocycles. The van der Waals surface area contributed by atoms with Crippen molar-refractivity contribution in [3.63, 3.8) is 0 Å². The van der Waals surface area contributed by atoms with Crippen molar-refractivity contribution in [2.45, 2.75) is 39.3 Å². The third-order valence-corrected chi connectivity index (χ3v) is 4.75. The first-order valence-corrected chi connectivity index (χ1v) is 7.63. The summed E-state index contributed by atoms with van der Waals surface area (Å²) in [5.41, 5.74) is 6.32. The quantitative estimate of drug-likeness (QED) is 0.914. The van der Waals surface area contributed by atoms with E-state index in [1.54, 1.807) is 0 Å². The second-order valence-electron chi connectivity index (χ2n) is 6.23. The SMILES string of the molecule is Cc1cc(O)c(CN(C)C2CCc3ccccc32)cc1C. The number of phenols is 1. The Morgan fingerprint density at radius 3 is 2.67 bits per heavy atom. The van der Waals surface area contributed by atoms with E-state index in [0.29, 0.717) is 11.8 Å². The van der Waals surface area contributed by atoms with Crippen molar-refractivity contribution < 1.29 is 5.11 Å². The summed E-state index contributed by atoms with van der Waals surface area (Å²) in [5, 5.41) is 10.2. The number of phenolic OH excluding ortho intramolecular Hbond substituents is 1. The van der Waals surface area contributed by atoms with Gasteiger partial charge in [0.05, 0.1) is 0 Å². The van der Waals surface area contributed by atoms with Gasteiger partial charge in [-0.1, -0.05) is 30.3 Å². The molecule has 110 valence electrons. The summed E-state index contributed by atoms with van der Waals surface area (Å²) in [4.78, 5) is 2.36. The largest absolute Gasteiger partial charge is 0.508 e. The Hall–Kier alpha value is -1.80. The van der Waals surface area contributed by atoms with Gasteiger partial charge in [-0.15, -0.1) is 0 Å². The first kappa shape index (κ1) is 14.2. The van der Waals surface area contributed by atoms with Gasteiger partial charge in [0.1, 0.15) is 5.75 Å². The number of fused-ring (bicyclic) bond motifs is 1. The van der Waals surface area contributed by atoms with Crippen LogP contribution in [0.1, 0.15) is 40.3 Å². The van der Waals surface area contributed by atoms with Crippen LogP contribution >= 0.6 is 0 Å². The molecule has 0 radical (unpaired) electrons. The van der Waals surface area contributed by atoms with Crippen LogP contribution in [0.5, 0.6) is 5.75 Å². The normalized spacial score (nSPS) is 17.2. The Morgan fingerprint density at radius 2 is 1.86 bits per heavy atom. The highest BCUT2D eigenvalue weighted by Crippen LogP contribution is 2.36. The summed E-state index contributed by atoms with van der Waals surface area (Å²) < 4.78 is 0. The molecular formula is C19H23NO. The minimum atomic E-state index is 0.413. The van der Waals surface area contributed by atoms with Gasteiger partial charge in [-0.05, 0) is 62.1 Å². The molecular weight excluding hydrogens is 258 g/mol. The second-order valence-corrected chi connectivity index (χ2v) is 6.23. The lowest BCUT2D eigenvalue weighted by molar-refractivity contribution is 0.233. The van der Waals surface area contributed by atoms with Crippen molar-refractivity contribution >= 4 is 0 Å². The molecule has 1 aliphatic carbocycles. The van der Waals surface area contributed by atoms with Crippen LogP contribution in [0.15, 0.2) is 36.4 Å². The predicted molar refractivity (Wildman–Crippen MR) is 86.6 cm³/mol. The molecule has 0 aliphatic heterocycles. The smallest absolute Gasteiger partial charge is 0.120 e. The van der Waals surface area contributed by atoms with Gasteiger partial charge >= 0.3 is 0 Å². The fraction of sp³-hybridized carbons (Fsp3) is 0.368. The van der Waals surface area contributed by atoms with Crippen molar-refractivity contribution in [3.05, 3.63) is 64.2 Å². The molecule has 2 nitrogen and oxygen atoms in total. The van der Waals surface area contributed by atoms with Crippen LogP contribution in [0, 0.1) is 13.8 Å². The van der Waals surface area contributed by atoms with E-state index < -0.39 is 0 Å². The number of nitrogens with zero attached hydrogens (tertiary/aromatic N) is 1. The van der Waals surface area contributed by atoms with Crippen LogP contribution in [0.4, 0.5) is 0 Å². The zero-order chi connectivity index (χ0) is 15.0. The van der Waals surface area contributed by atoms with Crippen molar-refractivity contribution in [3.8, 4) is 5.75 Å². The summed E-state index contributed by atoms with van der Waals surface area (Å²) in [5.74, 6) is 0.413. The van der Waals surface area contributed by atoms with Crippen molar-refractivity contribution in [2.75, 3.05) is 7.05 Å². The molecule has 2 heteroatoms. The fourth-order valence-electron chi connectivity index (χ4n) is 3.36. The van der Waals surface area contributed by atoms with E-state index in [9.17, 15) is 5.11 Å². The highest BCUT2D eigenvalue weighted by atomic mass is 16.3. The highest BCUT2D eigenvalue weighted by molar-refractivity contribution is 5.41. The van der Waals surface area contributed by atoms with E-state index in [4.69, 9.17) is 0 Å². The van der Waals surface area contributed by atoms with E-state index in [0.717, 1.165) is 24.1 Å². The van der Waals surface area contributed by atoms with Gasteiger partial charge in [0.25, 0.3) is 0 Å². The summed E-state index contributed by atoms with van der Waals surface area (Å²) in [6.45, 7) is 4.92. The molecule has 0 amide bonds. The standard InChI is InChI=1S/C19H23NO/c1-13-10-16(19(21)11-14(13)2)12-20(3)18-9-8-15-6-4-5-7-17(15)18/h4-7,10-11,18,21H,8-9,12H2,1-3H3. The first-order chi connectivity index (χ1) is 10.1. The first-order valence-electron chi connectivity index (χ1n) is 7.63. The molecule has 0 aromatic heterocycles. The van der Waals surface area contributed by atoms with Crippen LogP contribution in [0.25, 0.3) is 0 Å². The van der Waals surface area contributed by atoms with Crippen LogP contribution in [-0.4, -0.2) is 17.1 Å². The number of aryl methyl sites for hydroxylation is 3. The molecule has 0 fully saturated rings. The van der Waals surface area contributed by atoms with E-state index in [-0.39, 0.29) is 0 Å². The van der Waals surface area contributed by atoms with Gasteiger partial charge in [0.2, 0.25) is 0 Å². The maximum atomic E-state index is 10.2. The molecule has 0 heterocycles. The average Bonchev–Trinajstić information content (AvgIpc) is 2.88. The van der Waals surface area contributed by atoms with E-state index in [2.05, 4.69) is 49.2 Å². The lowest BCUT2D eigenvalue weighted by atomic mass is 10.0. The summed E-state index contributed by atoms with van der Waals surface area (Å²) in [7, 11) is 2.15. The van der Waals surface area contributed by atoms with Crippen LogP contribution in [-0.2, 0) is 13.0 Å². The molecule has 2 aromatic carbocycles. The molecule has 1 unspecified atom stereocenters. The fourth-order valence-corrected chi connectivity index (χ4v) is 3.36. The number of aromatic hydroxyl groups is 1. The van der Waals surface area contributed by atoms with Crippen LogP contribution in [0.3, 0.4) is 0 Å². The van der Waals surface area contributed by atoms with Crippen molar-refractivity contribution in [2.24, 2.45) is 0 Å². The zero-order valence-corrected chi connectivity index (χ0v) is 13.1. The third kappa shape index (κ3) is 2.68. The minimum Gasteiger partial charge on any atom is -0.508 e. The predicted octanol–water partition coefficient (Wildman–Crippen LogP) is 4.13. The molecule has 1 atom stereocenters. The van der Waals surface area contributed by atoms with Gasteiger partial charge in [-0.3, -0.25) is 4.90 Å². The Balaban J connectivity index is 1.82. The van der Waals surface area contributed by atoms with Crippen LogP contribution in [0.2, 0.25) is 0 Å². The molecule has 1 N–H and O–H groups in total. The average molecular weight is 281 g/mol. The maximum Gasteiger partial charge on any atom is 0.120 e. The highest BCUT2D eigenvalue weighted by Gasteiger charge is 2.25. The third-order valence-electron chi connectivity index (χ3n) is 4.75. The van der Waals surface area contributed by atoms with Gasteiger partial charge in [-0.25, -0.2) is 0 Å². The van der Waals surface area contributed by atoms with Crippen molar-refractivity contribution in [1.29, 1.82) is 0 Å². The molecule has 3 rings (SSSR count). The Kier molecular flexibility index (Phi) is 3.73. The van der Waals surface area contributed by atoms with Gasteiger partial charge in [0.15, 0.2) is 0 Å². The minimum absolute atomic E-state index is 0.413. The number of hydrogen-bond acceptors (Lipinski definition) is 2. The van der Waals surface area contributed by atoms with Crippen LogP contribution < -0.4 is 0 Å². The van der Waals surface area contributed by atoms with Gasteiger partial charge in [0, 0.05) is 18.2 Å². The van der Waals surface area contributed by atoms with E-state index >= 15 is 0 Å². The number of hydrogen-bond donors (Lipinski definition) is 1.